The van der Waals surface area contributed by atoms with Crippen LogP contribution in [-0.2, 0) is 0 Å². The Hall–Kier alpha value is -5.38. The quantitative estimate of drug-likeness (QED) is 0.210. The molecule has 2 nitrogen and oxygen atoms in total. The predicted octanol–water partition coefficient (Wildman–Crippen LogP) is 12.2. The number of thiophene rings is 1. The summed E-state index contributed by atoms with van der Waals surface area (Å²) in [6.45, 7) is 0. The molecule has 2 aromatic heterocycles. The van der Waals surface area contributed by atoms with Crippen molar-refractivity contribution >= 4 is 81.3 Å². The van der Waals surface area contributed by atoms with Gasteiger partial charge in [-0.1, -0.05) is 91.0 Å². The molecule has 0 atom stereocenters. The SMILES string of the molecule is c1cc(-c2ccc3ccccc3c2)cc(N(c2ccc3c(c2)sc2ccccc23)c2ccc3oc4ccccc4c3c2)c1. The summed E-state index contributed by atoms with van der Waals surface area (Å²) < 4.78 is 8.78. The molecule has 43 heavy (non-hydrogen) atoms. The fourth-order valence-corrected chi connectivity index (χ4v) is 7.49. The smallest absolute Gasteiger partial charge is 0.135 e. The van der Waals surface area contributed by atoms with E-state index in [1.54, 1.807) is 0 Å². The third-order valence-electron chi connectivity index (χ3n) is 8.43. The van der Waals surface area contributed by atoms with Gasteiger partial charge in [-0.3, -0.25) is 0 Å². The Morgan fingerprint density at radius 1 is 0.395 bits per heavy atom. The second-order valence-electron chi connectivity index (χ2n) is 11.0. The highest BCUT2D eigenvalue weighted by atomic mass is 32.1. The van der Waals surface area contributed by atoms with Gasteiger partial charge in [0.05, 0.1) is 0 Å². The summed E-state index contributed by atoms with van der Waals surface area (Å²) in [5.41, 5.74) is 7.53. The maximum atomic E-state index is 6.19. The molecule has 0 aliphatic heterocycles. The molecule has 2 heterocycles. The summed E-state index contributed by atoms with van der Waals surface area (Å²) in [5, 5.41) is 7.35. The van der Waals surface area contributed by atoms with Crippen molar-refractivity contribution < 1.29 is 4.42 Å². The first kappa shape index (κ1) is 24.2. The number of hydrogen-bond acceptors (Lipinski definition) is 3. The molecule has 0 unspecified atom stereocenters. The van der Waals surface area contributed by atoms with E-state index in [-0.39, 0.29) is 0 Å². The van der Waals surface area contributed by atoms with Crippen LogP contribution in [0.5, 0.6) is 0 Å². The summed E-state index contributed by atoms with van der Waals surface area (Å²) in [5.74, 6) is 0. The van der Waals surface area contributed by atoms with Crippen LogP contribution in [0, 0.1) is 0 Å². The Morgan fingerprint density at radius 2 is 1.09 bits per heavy atom. The second kappa shape index (κ2) is 9.59. The second-order valence-corrected chi connectivity index (χ2v) is 12.1. The van der Waals surface area contributed by atoms with Gasteiger partial charge in [-0.05, 0) is 82.6 Å². The lowest BCUT2D eigenvalue weighted by Gasteiger charge is -2.26. The molecule has 0 saturated heterocycles. The van der Waals surface area contributed by atoms with Crippen LogP contribution < -0.4 is 4.90 Å². The highest BCUT2D eigenvalue weighted by Crippen LogP contribution is 2.43. The Morgan fingerprint density at radius 3 is 2.05 bits per heavy atom. The zero-order valence-electron chi connectivity index (χ0n) is 23.2. The Kier molecular flexibility index (Phi) is 5.40. The number of fused-ring (bicyclic) bond motifs is 7. The summed E-state index contributed by atoms with van der Waals surface area (Å²) >= 11 is 1.85. The lowest BCUT2D eigenvalue weighted by Crippen LogP contribution is -2.09. The monoisotopic (exact) mass is 567 g/mol. The minimum Gasteiger partial charge on any atom is -0.456 e. The van der Waals surface area contributed by atoms with E-state index in [0.29, 0.717) is 0 Å². The van der Waals surface area contributed by atoms with Gasteiger partial charge >= 0.3 is 0 Å². The lowest BCUT2D eigenvalue weighted by atomic mass is 10.0. The molecule has 3 heteroatoms. The average Bonchev–Trinajstić information content (AvgIpc) is 3.62. The number of nitrogens with zero attached hydrogens (tertiary/aromatic N) is 1. The van der Waals surface area contributed by atoms with Crippen molar-refractivity contribution in [1.29, 1.82) is 0 Å². The third kappa shape index (κ3) is 4.01. The number of benzene rings is 7. The molecule has 0 bridgehead atoms. The summed E-state index contributed by atoms with van der Waals surface area (Å²) in [6.07, 6.45) is 0. The summed E-state index contributed by atoms with van der Waals surface area (Å²) in [6, 6.07) is 54.5. The fraction of sp³-hybridized carbons (Fsp3) is 0. The third-order valence-corrected chi connectivity index (χ3v) is 9.56. The number of anilines is 3. The first-order valence-electron chi connectivity index (χ1n) is 14.5. The van der Waals surface area contributed by atoms with Gasteiger partial charge in [-0.2, -0.15) is 0 Å². The molecular formula is C40H25NOS. The van der Waals surface area contributed by atoms with Gasteiger partial charge in [0.1, 0.15) is 11.2 Å². The van der Waals surface area contributed by atoms with Gasteiger partial charge in [-0.15, -0.1) is 11.3 Å². The molecule has 0 N–H and O–H groups in total. The van der Waals surface area contributed by atoms with Crippen molar-refractivity contribution in [2.24, 2.45) is 0 Å². The number of rotatable bonds is 4. The van der Waals surface area contributed by atoms with E-state index in [9.17, 15) is 0 Å². The van der Waals surface area contributed by atoms with Crippen LogP contribution in [0.2, 0.25) is 0 Å². The van der Waals surface area contributed by atoms with Crippen molar-refractivity contribution in [1.82, 2.24) is 0 Å². The first-order chi connectivity index (χ1) is 21.3. The van der Waals surface area contributed by atoms with E-state index >= 15 is 0 Å². The van der Waals surface area contributed by atoms with Crippen LogP contribution in [0.4, 0.5) is 17.1 Å². The van der Waals surface area contributed by atoms with Crippen LogP contribution in [0.15, 0.2) is 156 Å². The van der Waals surface area contributed by atoms with Gasteiger partial charge < -0.3 is 9.32 Å². The van der Waals surface area contributed by atoms with E-state index in [2.05, 4.69) is 144 Å². The Bertz CT molecular complexity index is 2480. The van der Waals surface area contributed by atoms with Crippen molar-refractivity contribution in [2.45, 2.75) is 0 Å². The van der Waals surface area contributed by atoms with Gasteiger partial charge in [0.25, 0.3) is 0 Å². The lowest BCUT2D eigenvalue weighted by molar-refractivity contribution is 0.669. The molecule has 9 rings (SSSR count). The maximum Gasteiger partial charge on any atom is 0.135 e. The minimum absolute atomic E-state index is 0.898. The van der Waals surface area contributed by atoms with Crippen LogP contribution in [0.1, 0.15) is 0 Å². The number of para-hydroxylation sites is 1. The number of hydrogen-bond donors (Lipinski definition) is 0. The van der Waals surface area contributed by atoms with E-state index in [1.165, 1.54) is 42.1 Å². The molecule has 0 spiro atoms. The Balaban J connectivity index is 1.25. The van der Waals surface area contributed by atoms with Gasteiger partial charge in [0.15, 0.2) is 0 Å². The predicted molar refractivity (Wildman–Crippen MR) is 184 cm³/mol. The molecule has 7 aromatic carbocycles. The molecule has 9 aromatic rings. The zero-order chi connectivity index (χ0) is 28.3. The van der Waals surface area contributed by atoms with Crippen LogP contribution in [0.3, 0.4) is 0 Å². The maximum absolute atomic E-state index is 6.19. The normalized spacial score (nSPS) is 11.7. The molecule has 0 fully saturated rings. The largest absolute Gasteiger partial charge is 0.456 e. The van der Waals surface area contributed by atoms with E-state index in [1.807, 2.05) is 23.5 Å². The topological polar surface area (TPSA) is 16.4 Å². The molecule has 0 saturated carbocycles. The minimum atomic E-state index is 0.898. The first-order valence-corrected chi connectivity index (χ1v) is 15.3. The average molecular weight is 568 g/mol. The van der Waals surface area contributed by atoms with Crippen molar-refractivity contribution in [3.8, 4) is 11.1 Å². The van der Waals surface area contributed by atoms with Crippen molar-refractivity contribution in [2.75, 3.05) is 4.90 Å². The summed E-state index contributed by atoms with van der Waals surface area (Å²) in [7, 11) is 0. The highest BCUT2D eigenvalue weighted by Gasteiger charge is 2.17. The van der Waals surface area contributed by atoms with Crippen molar-refractivity contribution in [3.63, 3.8) is 0 Å². The molecule has 0 radical (unpaired) electrons. The zero-order valence-corrected chi connectivity index (χ0v) is 24.0. The molecular weight excluding hydrogens is 543 g/mol. The standard InChI is InChI=1S/C40H25NOS/c1-2-9-27-22-29(17-16-26(27)8-1)28-10-7-11-30(23-28)41(31-19-21-38-36(24-31)33-12-3-5-14-37(33)42-38)32-18-20-35-34-13-4-6-15-39(34)43-40(35)25-32/h1-25H. The van der Waals surface area contributed by atoms with Gasteiger partial charge in [0.2, 0.25) is 0 Å². The molecule has 202 valence electrons. The fourth-order valence-electron chi connectivity index (χ4n) is 6.35. The Labute approximate surface area is 252 Å². The van der Waals surface area contributed by atoms with Gasteiger partial charge in [0, 0.05) is 48.0 Å². The highest BCUT2D eigenvalue weighted by molar-refractivity contribution is 7.25. The van der Waals surface area contributed by atoms with Crippen LogP contribution >= 0.6 is 11.3 Å². The number of furan rings is 1. The molecule has 0 aliphatic carbocycles. The van der Waals surface area contributed by atoms with Crippen LogP contribution in [-0.4, -0.2) is 0 Å². The molecule has 0 amide bonds. The summed E-state index contributed by atoms with van der Waals surface area (Å²) in [4.78, 5) is 2.37. The molecule has 0 aliphatic rings. The van der Waals surface area contributed by atoms with Gasteiger partial charge in [-0.25, -0.2) is 0 Å². The van der Waals surface area contributed by atoms with E-state index < -0.39 is 0 Å². The van der Waals surface area contributed by atoms with Crippen molar-refractivity contribution in [3.05, 3.63) is 152 Å². The van der Waals surface area contributed by atoms with E-state index in [0.717, 1.165) is 39.0 Å². The van der Waals surface area contributed by atoms with E-state index in [4.69, 9.17) is 4.42 Å². The van der Waals surface area contributed by atoms with Crippen LogP contribution in [0.25, 0.3) is 64.0 Å².